The first-order chi connectivity index (χ1) is 9.08. The molecule has 1 heterocycles. The third-order valence-corrected chi connectivity index (χ3v) is 4.39. The number of hydrogen-bond donors (Lipinski definition) is 1. The van der Waals surface area contributed by atoms with E-state index in [2.05, 4.69) is 47.2 Å². The molecule has 0 aromatic heterocycles. The zero-order valence-electron chi connectivity index (χ0n) is 10.8. The molecular weight excluding hydrogens is 302 g/mol. The lowest BCUT2D eigenvalue weighted by Gasteiger charge is -2.11. The molecule has 1 atom stereocenters. The second-order valence-corrected chi connectivity index (χ2v) is 5.82. The Labute approximate surface area is 121 Å². The molecule has 0 spiro atoms. The average Bonchev–Trinajstić information content (AvgIpc) is 2.71. The van der Waals surface area contributed by atoms with Crippen molar-refractivity contribution in [2.24, 2.45) is 0 Å². The Kier molecular flexibility index (Phi) is 2.94. The van der Waals surface area contributed by atoms with Gasteiger partial charge in [0.2, 0.25) is 5.91 Å². The van der Waals surface area contributed by atoms with Gasteiger partial charge in [-0.25, -0.2) is 0 Å². The summed E-state index contributed by atoms with van der Waals surface area (Å²) >= 11 is 3.49. The number of anilines is 1. The monoisotopic (exact) mass is 315 g/mol. The maximum atomic E-state index is 12.2. The van der Waals surface area contributed by atoms with Crippen LogP contribution in [0, 0.1) is 13.8 Å². The first-order valence-electron chi connectivity index (χ1n) is 6.24. The summed E-state index contributed by atoms with van der Waals surface area (Å²) < 4.78 is 0.935. The van der Waals surface area contributed by atoms with Crippen LogP contribution in [0.5, 0.6) is 0 Å². The minimum absolute atomic E-state index is 0.0464. The van der Waals surface area contributed by atoms with Crippen molar-refractivity contribution in [3.05, 3.63) is 63.1 Å². The van der Waals surface area contributed by atoms with Gasteiger partial charge in [-0.05, 0) is 58.1 Å². The van der Waals surface area contributed by atoms with Gasteiger partial charge in [0.05, 0.1) is 11.6 Å². The molecule has 2 aromatic carbocycles. The molecule has 1 unspecified atom stereocenters. The Balaban J connectivity index is 2.14. The van der Waals surface area contributed by atoms with E-state index < -0.39 is 0 Å². The highest BCUT2D eigenvalue weighted by Gasteiger charge is 2.32. The van der Waals surface area contributed by atoms with E-state index in [9.17, 15) is 4.79 Å². The molecule has 1 aliphatic heterocycles. The molecule has 0 bridgehead atoms. The van der Waals surface area contributed by atoms with Crippen LogP contribution in [0.4, 0.5) is 5.69 Å². The van der Waals surface area contributed by atoms with Crippen molar-refractivity contribution in [3.63, 3.8) is 0 Å². The fraction of sp³-hybridized carbons (Fsp3) is 0.188. The number of carbonyl (C=O) groups excluding carboxylic acids is 1. The number of benzene rings is 2. The Morgan fingerprint density at radius 1 is 1.11 bits per heavy atom. The molecule has 0 saturated heterocycles. The molecule has 19 heavy (non-hydrogen) atoms. The largest absolute Gasteiger partial charge is 0.324 e. The molecule has 0 radical (unpaired) electrons. The van der Waals surface area contributed by atoms with Crippen LogP contribution in [0.3, 0.4) is 0 Å². The summed E-state index contributed by atoms with van der Waals surface area (Å²) in [5, 5.41) is 2.96. The van der Waals surface area contributed by atoms with E-state index in [1.54, 1.807) is 0 Å². The number of aryl methyl sites for hydroxylation is 2. The summed E-state index contributed by atoms with van der Waals surface area (Å²) in [4.78, 5) is 12.2. The van der Waals surface area contributed by atoms with Crippen molar-refractivity contribution >= 4 is 27.5 Å². The molecule has 1 aliphatic rings. The van der Waals surface area contributed by atoms with Gasteiger partial charge in [-0.15, -0.1) is 0 Å². The number of nitrogens with one attached hydrogen (secondary N) is 1. The zero-order valence-corrected chi connectivity index (χ0v) is 12.4. The van der Waals surface area contributed by atoms with Gasteiger partial charge in [-0.3, -0.25) is 4.79 Å². The number of rotatable bonds is 1. The molecule has 1 N–H and O–H groups in total. The zero-order chi connectivity index (χ0) is 13.6. The van der Waals surface area contributed by atoms with Crippen molar-refractivity contribution in [1.29, 1.82) is 0 Å². The van der Waals surface area contributed by atoms with Crippen molar-refractivity contribution in [3.8, 4) is 0 Å². The number of halogens is 1. The summed E-state index contributed by atoms with van der Waals surface area (Å²) in [5.74, 6) is -0.156. The van der Waals surface area contributed by atoms with Crippen molar-refractivity contribution < 1.29 is 4.79 Å². The molecule has 1 amide bonds. The highest BCUT2D eigenvalue weighted by Crippen LogP contribution is 2.41. The summed E-state index contributed by atoms with van der Waals surface area (Å²) in [7, 11) is 0. The molecular formula is C16H14BrNO. The van der Waals surface area contributed by atoms with Gasteiger partial charge in [0.25, 0.3) is 0 Å². The summed E-state index contributed by atoms with van der Waals surface area (Å²) in [6, 6.07) is 12.2. The Morgan fingerprint density at radius 2 is 1.89 bits per heavy atom. The SMILES string of the molecule is Cc1ccc(C2C(=O)Nc3c(Br)cccc32)cc1C. The van der Waals surface area contributed by atoms with E-state index in [0.717, 1.165) is 21.3 Å². The van der Waals surface area contributed by atoms with Gasteiger partial charge in [0.15, 0.2) is 0 Å². The number of hydrogen-bond acceptors (Lipinski definition) is 1. The topological polar surface area (TPSA) is 29.1 Å². The molecule has 0 fully saturated rings. The first-order valence-corrected chi connectivity index (χ1v) is 7.03. The minimum Gasteiger partial charge on any atom is -0.324 e. The number of carbonyl (C=O) groups is 1. The van der Waals surface area contributed by atoms with E-state index in [-0.39, 0.29) is 11.8 Å². The highest BCUT2D eigenvalue weighted by atomic mass is 79.9. The van der Waals surface area contributed by atoms with Crippen LogP contribution < -0.4 is 5.32 Å². The van der Waals surface area contributed by atoms with Gasteiger partial charge in [-0.2, -0.15) is 0 Å². The van der Waals surface area contributed by atoms with E-state index >= 15 is 0 Å². The molecule has 2 aromatic rings. The van der Waals surface area contributed by atoms with Gasteiger partial charge >= 0.3 is 0 Å². The van der Waals surface area contributed by atoms with Crippen LogP contribution >= 0.6 is 15.9 Å². The smallest absolute Gasteiger partial charge is 0.236 e. The molecule has 2 nitrogen and oxygen atoms in total. The van der Waals surface area contributed by atoms with E-state index in [4.69, 9.17) is 0 Å². The van der Waals surface area contributed by atoms with Gasteiger partial charge < -0.3 is 5.32 Å². The van der Waals surface area contributed by atoms with Gasteiger partial charge in [0.1, 0.15) is 0 Å². The fourth-order valence-corrected chi connectivity index (χ4v) is 3.01. The molecule has 3 heteroatoms. The second kappa shape index (κ2) is 4.49. The van der Waals surface area contributed by atoms with Crippen LogP contribution in [0.2, 0.25) is 0 Å². The lowest BCUT2D eigenvalue weighted by atomic mass is 9.90. The molecule has 3 rings (SSSR count). The summed E-state index contributed by atoms with van der Waals surface area (Å²) in [6.45, 7) is 4.16. The summed E-state index contributed by atoms with van der Waals surface area (Å²) in [6.07, 6.45) is 0. The van der Waals surface area contributed by atoms with Crippen molar-refractivity contribution in [2.45, 2.75) is 19.8 Å². The standard InChI is InChI=1S/C16H14BrNO/c1-9-6-7-11(8-10(9)2)14-12-4-3-5-13(17)15(12)18-16(14)19/h3-8,14H,1-2H3,(H,18,19). The average molecular weight is 316 g/mol. The lowest BCUT2D eigenvalue weighted by molar-refractivity contribution is -0.116. The van der Waals surface area contributed by atoms with Gasteiger partial charge in [0, 0.05) is 4.47 Å². The molecule has 96 valence electrons. The number of para-hydroxylation sites is 1. The maximum absolute atomic E-state index is 12.2. The van der Waals surface area contributed by atoms with Crippen LogP contribution in [0.15, 0.2) is 40.9 Å². The molecule has 0 aliphatic carbocycles. The maximum Gasteiger partial charge on any atom is 0.236 e. The summed E-state index contributed by atoms with van der Waals surface area (Å²) in [5.41, 5.74) is 5.46. The predicted octanol–water partition coefficient (Wildman–Crippen LogP) is 4.15. The molecule has 0 saturated carbocycles. The quantitative estimate of drug-likeness (QED) is 0.841. The Bertz CT molecular complexity index is 678. The minimum atomic E-state index is -0.202. The fourth-order valence-electron chi connectivity index (χ4n) is 2.52. The third kappa shape index (κ3) is 1.98. The van der Waals surface area contributed by atoms with Crippen LogP contribution in [0.1, 0.15) is 28.2 Å². The van der Waals surface area contributed by atoms with E-state index in [1.165, 1.54) is 11.1 Å². The van der Waals surface area contributed by atoms with Crippen LogP contribution in [-0.4, -0.2) is 5.91 Å². The second-order valence-electron chi connectivity index (χ2n) is 4.97. The Morgan fingerprint density at radius 3 is 2.63 bits per heavy atom. The van der Waals surface area contributed by atoms with E-state index in [0.29, 0.717) is 0 Å². The van der Waals surface area contributed by atoms with Crippen LogP contribution in [0.25, 0.3) is 0 Å². The van der Waals surface area contributed by atoms with Crippen LogP contribution in [-0.2, 0) is 4.79 Å². The third-order valence-electron chi connectivity index (χ3n) is 3.73. The van der Waals surface area contributed by atoms with Crippen molar-refractivity contribution in [2.75, 3.05) is 5.32 Å². The van der Waals surface area contributed by atoms with Gasteiger partial charge in [-0.1, -0.05) is 30.3 Å². The lowest BCUT2D eigenvalue weighted by Crippen LogP contribution is -2.13. The number of amides is 1. The Hall–Kier alpha value is -1.61. The highest BCUT2D eigenvalue weighted by molar-refractivity contribution is 9.10. The first kappa shape index (κ1) is 12.4. The van der Waals surface area contributed by atoms with E-state index in [1.807, 2.05) is 24.3 Å². The predicted molar refractivity (Wildman–Crippen MR) is 80.5 cm³/mol. The normalized spacial score (nSPS) is 17.2. The number of fused-ring (bicyclic) bond motifs is 1. The van der Waals surface area contributed by atoms with Crippen molar-refractivity contribution in [1.82, 2.24) is 0 Å².